The zero-order chi connectivity index (χ0) is 13.8. The lowest BCUT2D eigenvalue weighted by molar-refractivity contribution is -0.120. The van der Waals surface area contributed by atoms with Gasteiger partial charge in [-0.1, -0.05) is 32.0 Å². The van der Waals surface area contributed by atoms with Crippen molar-refractivity contribution in [2.24, 2.45) is 5.92 Å². The van der Waals surface area contributed by atoms with Gasteiger partial charge in [0.2, 0.25) is 5.91 Å². The summed E-state index contributed by atoms with van der Waals surface area (Å²) >= 11 is 0. The summed E-state index contributed by atoms with van der Waals surface area (Å²) < 4.78 is 0. The summed E-state index contributed by atoms with van der Waals surface area (Å²) in [6.07, 6.45) is 2.07. The minimum Gasteiger partial charge on any atom is -0.325 e. The molecule has 104 valence electrons. The first-order valence-electron chi connectivity index (χ1n) is 7.20. The number of hydrogen-bond donors (Lipinski definition) is 2. The molecule has 0 radical (unpaired) electrons. The summed E-state index contributed by atoms with van der Waals surface area (Å²) in [4.78, 5) is 12.3. The molecule has 1 heterocycles. The summed E-state index contributed by atoms with van der Waals surface area (Å²) in [7, 11) is 0. The third kappa shape index (κ3) is 3.35. The minimum atomic E-state index is 0.105. The zero-order valence-corrected chi connectivity index (χ0v) is 12.1. The van der Waals surface area contributed by atoms with Gasteiger partial charge in [0.25, 0.3) is 0 Å². The lowest BCUT2D eigenvalue weighted by Gasteiger charge is -2.24. The molecule has 1 amide bonds. The molecule has 1 unspecified atom stereocenters. The maximum Gasteiger partial charge on any atom is 0.228 e. The Labute approximate surface area is 115 Å². The molecule has 0 spiro atoms. The maximum atomic E-state index is 12.3. The van der Waals surface area contributed by atoms with Crippen LogP contribution in [0.1, 0.15) is 43.7 Å². The second kappa shape index (κ2) is 6.20. The van der Waals surface area contributed by atoms with Crippen molar-refractivity contribution in [2.75, 3.05) is 18.4 Å². The van der Waals surface area contributed by atoms with Gasteiger partial charge in [-0.25, -0.2) is 0 Å². The van der Waals surface area contributed by atoms with Crippen LogP contribution in [-0.4, -0.2) is 19.0 Å². The van der Waals surface area contributed by atoms with Gasteiger partial charge >= 0.3 is 0 Å². The van der Waals surface area contributed by atoms with E-state index in [-0.39, 0.29) is 11.8 Å². The van der Waals surface area contributed by atoms with E-state index in [1.54, 1.807) is 0 Å². The molecule has 1 saturated heterocycles. The average Bonchev–Trinajstić information content (AvgIpc) is 2.41. The molecule has 1 aliphatic heterocycles. The Kier molecular flexibility index (Phi) is 4.59. The molecule has 2 N–H and O–H groups in total. The van der Waals surface area contributed by atoms with Crippen molar-refractivity contribution in [3.05, 3.63) is 29.3 Å². The molecule has 1 atom stereocenters. The number of para-hydroxylation sites is 1. The van der Waals surface area contributed by atoms with Crippen molar-refractivity contribution in [2.45, 2.75) is 39.5 Å². The second-order valence-corrected chi connectivity index (χ2v) is 5.73. The predicted octanol–water partition coefficient (Wildman–Crippen LogP) is 3.06. The summed E-state index contributed by atoms with van der Waals surface area (Å²) in [5.41, 5.74) is 3.37. The van der Waals surface area contributed by atoms with E-state index in [9.17, 15) is 4.79 Å². The van der Waals surface area contributed by atoms with Crippen molar-refractivity contribution in [3.8, 4) is 0 Å². The monoisotopic (exact) mass is 260 g/mol. The van der Waals surface area contributed by atoms with Crippen LogP contribution in [0.2, 0.25) is 0 Å². The number of hydrogen-bond acceptors (Lipinski definition) is 2. The van der Waals surface area contributed by atoms with Crippen molar-refractivity contribution in [3.63, 3.8) is 0 Å². The fourth-order valence-corrected chi connectivity index (χ4v) is 2.64. The molecule has 19 heavy (non-hydrogen) atoms. The van der Waals surface area contributed by atoms with Crippen molar-refractivity contribution in [1.82, 2.24) is 5.32 Å². The highest BCUT2D eigenvalue weighted by molar-refractivity contribution is 5.94. The van der Waals surface area contributed by atoms with Gasteiger partial charge in [-0.05, 0) is 43.4 Å². The SMILES string of the molecule is Cc1cccc(C(C)C)c1NC(=O)C1CCCNC1. The van der Waals surface area contributed by atoms with Gasteiger partial charge in [0, 0.05) is 12.2 Å². The van der Waals surface area contributed by atoms with E-state index in [1.807, 2.05) is 0 Å². The van der Waals surface area contributed by atoms with Crippen LogP contribution in [0.3, 0.4) is 0 Å². The van der Waals surface area contributed by atoms with Crippen LogP contribution < -0.4 is 10.6 Å². The normalized spacial score (nSPS) is 19.5. The van der Waals surface area contributed by atoms with Crippen LogP contribution in [-0.2, 0) is 4.79 Å². The van der Waals surface area contributed by atoms with E-state index in [4.69, 9.17) is 0 Å². The topological polar surface area (TPSA) is 41.1 Å². The molecule has 0 bridgehead atoms. The first-order valence-corrected chi connectivity index (χ1v) is 7.20. The lowest BCUT2D eigenvalue weighted by Crippen LogP contribution is -2.37. The highest BCUT2D eigenvalue weighted by Gasteiger charge is 2.22. The Morgan fingerprint density at radius 2 is 2.21 bits per heavy atom. The fraction of sp³-hybridized carbons (Fsp3) is 0.562. The molecule has 1 fully saturated rings. The number of carbonyl (C=O) groups is 1. The largest absolute Gasteiger partial charge is 0.325 e. The number of piperidine rings is 1. The zero-order valence-electron chi connectivity index (χ0n) is 12.1. The molecule has 0 saturated carbocycles. The standard InChI is InChI=1S/C16H24N2O/c1-11(2)14-8-4-6-12(3)15(14)18-16(19)13-7-5-9-17-10-13/h4,6,8,11,13,17H,5,7,9-10H2,1-3H3,(H,18,19). The Morgan fingerprint density at radius 3 is 2.84 bits per heavy atom. The van der Waals surface area contributed by atoms with Gasteiger partial charge in [0.1, 0.15) is 0 Å². The summed E-state index contributed by atoms with van der Waals surface area (Å²) in [5, 5.41) is 6.44. The van der Waals surface area contributed by atoms with E-state index >= 15 is 0 Å². The van der Waals surface area contributed by atoms with E-state index in [2.05, 4.69) is 49.6 Å². The van der Waals surface area contributed by atoms with E-state index in [1.165, 1.54) is 5.56 Å². The summed E-state index contributed by atoms with van der Waals surface area (Å²) in [6.45, 7) is 8.21. The third-order valence-electron chi connectivity index (χ3n) is 3.84. The van der Waals surface area contributed by atoms with Gasteiger partial charge in [-0.3, -0.25) is 4.79 Å². The molecule has 2 rings (SSSR count). The first-order chi connectivity index (χ1) is 9.09. The lowest BCUT2D eigenvalue weighted by atomic mass is 9.96. The summed E-state index contributed by atoms with van der Waals surface area (Å²) in [6, 6.07) is 6.22. The quantitative estimate of drug-likeness (QED) is 0.877. The number of amides is 1. The minimum absolute atomic E-state index is 0.105. The number of aryl methyl sites for hydroxylation is 1. The number of rotatable bonds is 3. The van der Waals surface area contributed by atoms with Crippen LogP contribution >= 0.6 is 0 Å². The fourth-order valence-electron chi connectivity index (χ4n) is 2.64. The molecule has 1 aliphatic rings. The Morgan fingerprint density at radius 1 is 1.42 bits per heavy atom. The maximum absolute atomic E-state index is 12.3. The number of carbonyl (C=O) groups excluding carboxylic acids is 1. The molecule has 0 aromatic heterocycles. The molecule has 3 heteroatoms. The van der Waals surface area contributed by atoms with Gasteiger partial charge in [0.05, 0.1) is 5.92 Å². The molecular weight excluding hydrogens is 236 g/mol. The van der Waals surface area contributed by atoms with E-state index < -0.39 is 0 Å². The van der Waals surface area contributed by atoms with Gasteiger partial charge in [-0.15, -0.1) is 0 Å². The molecular formula is C16H24N2O. The Balaban J connectivity index is 2.15. The Hall–Kier alpha value is -1.35. The molecule has 3 nitrogen and oxygen atoms in total. The number of benzene rings is 1. The van der Waals surface area contributed by atoms with Crippen LogP contribution in [0.5, 0.6) is 0 Å². The number of anilines is 1. The van der Waals surface area contributed by atoms with Crippen LogP contribution in [0.15, 0.2) is 18.2 Å². The van der Waals surface area contributed by atoms with Crippen LogP contribution in [0.4, 0.5) is 5.69 Å². The molecule has 1 aromatic carbocycles. The van der Waals surface area contributed by atoms with E-state index in [0.717, 1.165) is 37.2 Å². The first kappa shape index (κ1) is 14.1. The van der Waals surface area contributed by atoms with Crippen LogP contribution in [0.25, 0.3) is 0 Å². The van der Waals surface area contributed by atoms with Crippen molar-refractivity contribution in [1.29, 1.82) is 0 Å². The Bertz CT molecular complexity index is 448. The predicted molar refractivity (Wildman–Crippen MR) is 79.5 cm³/mol. The van der Waals surface area contributed by atoms with Crippen molar-refractivity contribution < 1.29 is 4.79 Å². The number of nitrogens with one attached hydrogen (secondary N) is 2. The smallest absolute Gasteiger partial charge is 0.228 e. The summed E-state index contributed by atoms with van der Waals surface area (Å²) in [5.74, 6) is 0.677. The molecule has 0 aliphatic carbocycles. The van der Waals surface area contributed by atoms with Gasteiger partial charge in [-0.2, -0.15) is 0 Å². The molecule has 1 aromatic rings. The average molecular weight is 260 g/mol. The van der Waals surface area contributed by atoms with Crippen LogP contribution in [0, 0.1) is 12.8 Å². The second-order valence-electron chi connectivity index (χ2n) is 5.73. The van der Waals surface area contributed by atoms with E-state index in [0.29, 0.717) is 5.92 Å². The van der Waals surface area contributed by atoms with Gasteiger partial charge < -0.3 is 10.6 Å². The highest BCUT2D eigenvalue weighted by Crippen LogP contribution is 2.28. The highest BCUT2D eigenvalue weighted by atomic mass is 16.1. The van der Waals surface area contributed by atoms with Gasteiger partial charge in [0.15, 0.2) is 0 Å². The van der Waals surface area contributed by atoms with Crippen molar-refractivity contribution >= 4 is 11.6 Å². The third-order valence-corrected chi connectivity index (χ3v) is 3.84.